The second kappa shape index (κ2) is 9.12. The minimum atomic E-state index is 0.493. The van der Waals surface area contributed by atoms with Crippen molar-refractivity contribution in [1.82, 2.24) is 19.2 Å². The fourth-order valence-electron chi connectivity index (χ4n) is 3.32. The first-order valence-electron chi connectivity index (χ1n) is 9.65. The molecule has 1 aromatic carbocycles. The Kier molecular flexibility index (Phi) is 6.14. The van der Waals surface area contributed by atoms with Crippen molar-refractivity contribution in [3.05, 3.63) is 65.7 Å². The molecule has 6 nitrogen and oxygen atoms in total. The molecule has 1 aliphatic heterocycles. The summed E-state index contributed by atoms with van der Waals surface area (Å²) in [6.45, 7) is 7.60. The van der Waals surface area contributed by atoms with Crippen LogP contribution in [0, 0.1) is 6.92 Å². The van der Waals surface area contributed by atoms with E-state index in [1.54, 1.807) is 6.20 Å². The van der Waals surface area contributed by atoms with Crippen molar-refractivity contribution in [1.29, 1.82) is 0 Å². The lowest BCUT2D eigenvalue weighted by Gasteiger charge is -2.21. The highest BCUT2D eigenvalue weighted by atomic mass is 32.1. The molecule has 1 saturated heterocycles. The van der Waals surface area contributed by atoms with Gasteiger partial charge in [-0.2, -0.15) is 4.37 Å². The number of anilines is 1. The molecule has 2 aromatic heterocycles. The molecule has 0 atom stereocenters. The van der Waals surface area contributed by atoms with E-state index in [-0.39, 0.29) is 0 Å². The molecular formula is C21H25N5OS. The molecule has 146 valence electrons. The topological polar surface area (TPSA) is 54.4 Å². The standard InChI is InChI=1S/C21H25N5OS/c1-17-23-21(28-24-17)26-12-4-11-25(13-14-26)15-18-6-8-20(9-7-18)27-16-19-5-2-3-10-22-19/h2-3,5-10H,4,11-16H2,1H3. The van der Waals surface area contributed by atoms with Crippen molar-refractivity contribution in [2.24, 2.45) is 0 Å². The molecule has 0 bridgehead atoms. The smallest absolute Gasteiger partial charge is 0.205 e. The van der Waals surface area contributed by atoms with Gasteiger partial charge < -0.3 is 9.64 Å². The number of aryl methyl sites for hydroxylation is 1. The van der Waals surface area contributed by atoms with E-state index in [2.05, 4.69) is 36.3 Å². The summed E-state index contributed by atoms with van der Waals surface area (Å²) in [7, 11) is 0. The van der Waals surface area contributed by atoms with Crippen LogP contribution >= 0.6 is 11.5 Å². The van der Waals surface area contributed by atoms with Gasteiger partial charge in [0.2, 0.25) is 5.13 Å². The van der Waals surface area contributed by atoms with E-state index in [1.807, 2.05) is 37.3 Å². The third-order valence-electron chi connectivity index (χ3n) is 4.82. The molecule has 3 heterocycles. The molecular weight excluding hydrogens is 370 g/mol. The number of nitrogens with zero attached hydrogens (tertiary/aromatic N) is 5. The van der Waals surface area contributed by atoms with Gasteiger partial charge in [-0.3, -0.25) is 9.88 Å². The van der Waals surface area contributed by atoms with Gasteiger partial charge in [0.05, 0.1) is 5.69 Å². The Morgan fingerprint density at radius 1 is 1.04 bits per heavy atom. The van der Waals surface area contributed by atoms with Crippen LogP contribution in [0.5, 0.6) is 5.75 Å². The van der Waals surface area contributed by atoms with E-state index in [0.29, 0.717) is 6.61 Å². The molecule has 0 amide bonds. The Balaban J connectivity index is 1.28. The summed E-state index contributed by atoms with van der Waals surface area (Å²) in [5.74, 6) is 1.74. The van der Waals surface area contributed by atoms with Crippen LogP contribution in [0.15, 0.2) is 48.7 Å². The lowest BCUT2D eigenvalue weighted by atomic mass is 10.2. The maximum absolute atomic E-state index is 5.83. The van der Waals surface area contributed by atoms with Crippen LogP contribution in [-0.4, -0.2) is 45.4 Å². The van der Waals surface area contributed by atoms with Crippen LogP contribution in [0.3, 0.4) is 0 Å². The zero-order valence-electron chi connectivity index (χ0n) is 16.1. The van der Waals surface area contributed by atoms with Crippen LogP contribution in [0.1, 0.15) is 23.5 Å². The second-order valence-corrected chi connectivity index (χ2v) is 7.72. The molecule has 0 radical (unpaired) electrons. The zero-order chi connectivity index (χ0) is 19.2. The number of hydrogen-bond acceptors (Lipinski definition) is 7. The summed E-state index contributed by atoms with van der Waals surface area (Å²) < 4.78 is 10.1. The van der Waals surface area contributed by atoms with Gasteiger partial charge in [-0.1, -0.05) is 18.2 Å². The normalized spacial score (nSPS) is 15.4. The lowest BCUT2D eigenvalue weighted by molar-refractivity contribution is 0.284. The minimum Gasteiger partial charge on any atom is -0.487 e. The number of pyridine rings is 1. The Hall–Kier alpha value is -2.51. The molecule has 7 heteroatoms. The first kappa shape index (κ1) is 18.8. The molecule has 0 unspecified atom stereocenters. The number of aromatic nitrogens is 3. The summed E-state index contributed by atoms with van der Waals surface area (Å²) in [6, 6.07) is 14.3. The molecule has 0 saturated carbocycles. The first-order valence-corrected chi connectivity index (χ1v) is 10.4. The van der Waals surface area contributed by atoms with Crippen molar-refractivity contribution in [3.8, 4) is 5.75 Å². The van der Waals surface area contributed by atoms with Gasteiger partial charge in [-0.15, -0.1) is 0 Å². The highest BCUT2D eigenvalue weighted by Gasteiger charge is 2.17. The van der Waals surface area contributed by atoms with Crippen LogP contribution in [0.25, 0.3) is 0 Å². The molecule has 0 N–H and O–H groups in total. The molecule has 28 heavy (non-hydrogen) atoms. The maximum Gasteiger partial charge on any atom is 0.205 e. The Bertz CT molecular complexity index is 868. The maximum atomic E-state index is 5.83. The zero-order valence-corrected chi connectivity index (χ0v) is 16.9. The van der Waals surface area contributed by atoms with Gasteiger partial charge >= 0.3 is 0 Å². The number of ether oxygens (including phenoxy) is 1. The first-order chi connectivity index (χ1) is 13.8. The number of rotatable bonds is 6. The highest BCUT2D eigenvalue weighted by Crippen LogP contribution is 2.20. The fraction of sp³-hybridized carbons (Fsp3) is 0.381. The predicted octanol–water partition coefficient (Wildman–Crippen LogP) is 3.53. The molecule has 1 fully saturated rings. The van der Waals surface area contributed by atoms with Crippen LogP contribution in [0.2, 0.25) is 0 Å². The van der Waals surface area contributed by atoms with Crippen LogP contribution in [0.4, 0.5) is 5.13 Å². The van der Waals surface area contributed by atoms with Gasteiger partial charge in [-0.25, -0.2) is 4.98 Å². The van der Waals surface area contributed by atoms with Gasteiger partial charge in [0.25, 0.3) is 0 Å². The van der Waals surface area contributed by atoms with Crippen LogP contribution in [-0.2, 0) is 13.2 Å². The lowest BCUT2D eigenvalue weighted by Crippen LogP contribution is -2.30. The van der Waals surface area contributed by atoms with Gasteiger partial charge in [0, 0.05) is 50.5 Å². The average Bonchev–Trinajstić information content (AvgIpc) is 3.03. The summed E-state index contributed by atoms with van der Waals surface area (Å²) in [5.41, 5.74) is 2.25. The summed E-state index contributed by atoms with van der Waals surface area (Å²) in [4.78, 5) is 13.7. The number of benzene rings is 1. The monoisotopic (exact) mass is 395 g/mol. The second-order valence-electron chi connectivity index (χ2n) is 6.99. The molecule has 4 rings (SSSR count). The summed E-state index contributed by atoms with van der Waals surface area (Å²) in [6.07, 6.45) is 2.93. The van der Waals surface area contributed by atoms with Crippen LogP contribution < -0.4 is 9.64 Å². The summed E-state index contributed by atoms with van der Waals surface area (Å²) >= 11 is 1.50. The van der Waals surface area contributed by atoms with Gasteiger partial charge in [0.15, 0.2) is 0 Å². The van der Waals surface area contributed by atoms with Gasteiger partial charge in [0.1, 0.15) is 18.2 Å². The van der Waals surface area contributed by atoms with Crippen molar-refractivity contribution < 1.29 is 4.74 Å². The SMILES string of the molecule is Cc1nsc(N2CCCN(Cc3ccc(OCc4ccccn4)cc3)CC2)n1. The molecule has 3 aromatic rings. The van der Waals surface area contributed by atoms with E-state index < -0.39 is 0 Å². The summed E-state index contributed by atoms with van der Waals surface area (Å²) in [5, 5.41) is 1.05. The van der Waals surface area contributed by atoms with E-state index in [4.69, 9.17) is 4.74 Å². The van der Waals surface area contributed by atoms with E-state index in [0.717, 1.165) is 61.5 Å². The third-order valence-corrected chi connectivity index (χ3v) is 5.69. The molecule has 0 spiro atoms. The largest absolute Gasteiger partial charge is 0.487 e. The third kappa shape index (κ3) is 5.05. The number of hydrogen-bond donors (Lipinski definition) is 0. The van der Waals surface area contributed by atoms with Crippen molar-refractivity contribution >= 4 is 16.7 Å². The van der Waals surface area contributed by atoms with E-state index in [1.165, 1.54) is 17.1 Å². The molecule has 0 aliphatic carbocycles. The Morgan fingerprint density at radius 2 is 1.93 bits per heavy atom. The Labute approximate surface area is 170 Å². The van der Waals surface area contributed by atoms with Gasteiger partial charge in [-0.05, 0) is 43.2 Å². The fourth-order valence-corrected chi connectivity index (χ4v) is 4.05. The minimum absolute atomic E-state index is 0.493. The van der Waals surface area contributed by atoms with E-state index >= 15 is 0 Å². The highest BCUT2D eigenvalue weighted by molar-refractivity contribution is 7.09. The van der Waals surface area contributed by atoms with Crippen molar-refractivity contribution in [2.75, 3.05) is 31.1 Å². The van der Waals surface area contributed by atoms with Crippen molar-refractivity contribution in [2.45, 2.75) is 26.5 Å². The van der Waals surface area contributed by atoms with E-state index in [9.17, 15) is 0 Å². The predicted molar refractivity (Wildman–Crippen MR) is 112 cm³/mol. The molecule has 1 aliphatic rings. The quantitative estimate of drug-likeness (QED) is 0.636. The average molecular weight is 396 g/mol. The Morgan fingerprint density at radius 3 is 2.68 bits per heavy atom. The van der Waals surface area contributed by atoms with Crippen molar-refractivity contribution in [3.63, 3.8) is 0 Å².